The first kappa shape index (κ1) is 13.2. The Morgan fingerprint density at radius 1 is 0.636 bits per heavy atom. The van der Waals surface area contributed by atoms with Crippen LogP contribution < -0.4 is 18.9 Å². The molecule has 22 heavy (non-hydrogen) atoms. The third-order valence-electron chi connectivity index (χ3n) is 3.83. The van der Waals surface area contributed by atoms with Crippen LogP contribution in [-0.2, 0) is 13.2 Å². The second-order valence-electron chi connectivity index (χ2n) is 5.04. The first-order valence-corrected chi connectivity index (χ1v) is 6.87. The number of hydrogen-bond donors (Lipinski definition) is 2. The monoisotopic (exact) mass is 302 g/mol. The Bertz CT molecular complexity index is 676. The van der Waals surface area contributed by atoms with Gasteiger partial charge in [-0.05, 0) is 46.5 Å². The predicted molar refractivity (Wildman–Crippen MR) is 76.0 cm³/mol. The molecule has 2 aromatic carbocycles. The smallest absolute Gasteiger partial charge is 0.231 e. The number of hydrogen-bond acceptors (Lipinski definition) is 6. The highest BCUT2D eigenvalue weighted by Crippen LogP contribution is 2.43. The van der Waals surface area contributed by atoms with Crippen molar-refractivity contribution >= 4 is 0 Å². The van der Waals surface area contributed by atoms with Crippen molar-refractivity contribution < 1.29 is 29.2 Å². The average Bonchev–Trinajstić information content (AvgIpc) is 3.19. The molecular formula is C16H14O6. The minimum absolute atomic E-state index is 0.148. The van der Waals surface area contributed by atoms with E-state index in [2.05, 4.69) is 0 Å². The highest BCUT2D eigenvalue weighted by molar-refractivity contribution is 5.76. The lowest BCUT2D eigenvalue weighted by Gasteiger charge is -2.14. The lowest BCUT2D eigenvalue weighted by Crippen LogP contribution is -1.95. The molecule has 114 valence electrons. The van der Waals surface area contributed by atoms with E-state index in [0.717, 1.165) is 11.1 Å². The molecule has 0 radical (unpaired) electrons. The molecule has 6 heteroatoms. The molecule has 0 saturated carbocycles. The average molecular weight is 302 g/mol. The Kier molecular flexibility index (Phi) is 3.06. The number of benzene rings is 2. The van der Waals surface area contributed by atoms with Crippen molar-refractivity contribution in [2.45, 2.75) is 13.2 Å². The Morgan fingerprint density at radius 3 is 1.36 bits per heavy atom. The molecule has 2 aliphatic heterocycles. The molecule has 0 atom stereocenters. The molecule has 2 N–H and O–H groups in total. The molecule has 0 spiro atoms. The number of ether oxygens (including phenoxy) is 4. The van der Waals surface area contributed by atoms with Crippen molar-refractivity contribution in [1.82, 2.24) is 0 Å². The summed E-state index contributed by atoms with van der Waals surface area (Å²) >= 11 is 0. The van der Waals surface area contributed by atoms with E-state index in [4.69, 9.17) is 18.9 Å². The van der Waals surface area contributed by atoms with Crippen LogP contribution in [0.5, 0.6) is 23.0 Å². The summed E-state index contributed by atoms with van der Waals surface area (Å²) in [5, 5.41) is 19.3. The van der Waals surface area contributed by atoms with Gasteiger partial charge in [-0.25, -0.2) is 0 Å². The summed E-state index contributed by atoms with van der Waals surface area (Å²) in [5.41, 5.74) is 2.93. The van der Waals surface area contributed by atoms with Crippen LogP contribution in [0.3, 0.4) is 0 Å². The van der Waals surface area contributed by atoms with Gasteiger partial charge in [-0.3, -0.25) is 0 Å². The zero-order valence-electron chi connectivity index (χ0n) is 11.7. The molecule has 0 unspecified atom stereocenters. The van der Waals surface area contributed by atoms with Gasteiger partial charge in [-0.15, -0.1) is 0 Å². The van der Waals surface area contributed by atoms with Crippen LogP contribution in [0.1, 0.15) is 11.1 Å². The Hall–Kier alpha value is -2.44. The van der Waals surface area contributed by atoms with Gasteiger partial charge in [-0.1, -0.05) is 0 Å². The van der Waals surface area contributed by atoms with Gasteiger partial charge in [0.25, 0.3) is 0 Å². The summed E-state index contributed by atoms with van der Waals surface area (Å²) in [4.78, 5) is 0. The van der Waals surface area contributed by atoms with Gasteiger partial charge in [0.2, 0.25) is 13.6 Å². The largest absolute Gasteiger partial charge is 0.454 e. The molecule has 4 rings (SSSR count). The molecule has 0 aromatic heterocycles. The van der Waals surface area contributed by atoms with Crippen LogP contribution in [0, 0.1) is 0 Å². The summed E-state index contributed by atoms with van der Waals surface area (Å²) in [6, 6.07) is 7.13. The Labute approximate surface area is 126 Å². The third kappa shape index (κ3) is 1.96. The second-order valence-corrected chi connectivity index (χ2v) is 5.04. The van der Waals surface area contributed by atoms with E-state index < -0.39 is 0 Å². The summed E-state index contributed by atoms with van der Waals surface area (Å²) in [7, 11) is 0. The topological polar surface area (TPSA) is 77.4 Å². The van der Waals surface area contributed by atoms with Crippen molar-refractivity contribution in [2.24, 2.45) is 0 Å². The van der Waals surface area contributed by atoms with Gasteiger partial charge < -0.3 is 29.2 Å². The number of aliphatic hydroxyl groups excluding tert-OH is 2. The Balaban J connectivity index is 1.91. The summed E-state index contributed by atoms with van der Waals surface area (Å²) < 4.78 is 21.5. The summed E-state index contributed by atoms with van der Waals surface area (Å²) in [6.45, 7) is 0.0336. The molecule has 2 heterocycles. The lowest BCUT2D eigenvalue weighted by atomic mass is 9.94. The van der Waals surface area contributed by atoms with Gasteiger partial charge in [0.15, 0.2) is 23.0 Å². The van der Waals surface area contributed by atoms with Crippen LogP contribution in [0.2, 0.25) is 0 Å². The van der Waals surface area contributed by atoms with E-state index >= 15 is 0 Å². The predicted octanol–water partition coefficient (Wildman–Crippen LogP) is 1.80. The minimum Gasteiger partial charge on any atom is -0.454 e. The van der Waals surface area contributed by atoms with E-state index in [1.807, 2.05) is 12.1 Å². The number of fused-ring (bicyclic) bond motifs is 2. The van der Waals surface area contributed by atoms with Gasteiger partial charge >= 0.3 is 0 Å². The molecule has 0 bridgehead atoms. The van der Waals surface area contributed by atoms with Gasteiger partial charge in [-0.2, -0.15) is 0 Å². The first-order chi connectivity index (χ1) is 10.8. The highest BCUT2D eigenvalue weighted by Gasteiger charge is 2.22. The standard InChI is InChI=1S/C16H14O6/c17-5-9-1-13-15(21-7-19-13)3-11(9)12-4-16-14(20-8-22-16)2-10(12)6-18/h1-4,17-18H,5-8H2. The molecule has 0 saturated heterocycles. The van der Waals surface area contributed by atoms with Gasteiger partial charge in [0.1, 0.15) is 0 Å². The quantitative estimate of drug-likeness (QED) is 0.900. The highest BCUT2D eigenvalue weighted by atomic mass is 16.7. The minimum atomic E-state index is -0.148. The van der Waals surface area contributed by atoms with Crippen molar-refractivity contribution in [1.29, 1.82) is 0 Å². The molecule has 0 aliphatic carbocycles. The van der Waals surface area contributed by atoms with Gasteiger partial charge in [0, 0.05) is 0 Å². The molecule has 0 amide bonds. The van der Waals surface area contributed by atoms with Crippen molar-refractivity contribution in [2.75, 3.05) is 13.6 Å². The molecule has 2 aromatic rings. The normalized spacial score (nSPS) is 14.5. The fourth-order valence-electron chi connectivity index (χ4n) is 2.73. The molecule has 0 fully saturated rings. The van der Waals surface area contributed by atoms with Crippen molar-refractivity contribution in [3.05, 3.63) is 35.4 Å². The maximum atomic E-state index is 9.65. The van der Waals surface area contributed by atoms with E-state index in [9.17, 15) is 10.2 Å². The zero-order chi connectivity index (χ0) is 15.1. The van der Waals surface area contributed by atoms with E-state index in [0.29, 0.717) is 34.1 Å². The summed E-state index contributed by atoms with van der Waals surface area (Å²) in [6.07, 6.45) is 0. The fourth-order valence-corrected chi connectivity index (χ4v) is 2.73. The summed E-state index contributed by atoms with van der Waals surface area (Å²) in [5.74, 6) is 2.46. The Morgan fingerprint density at radius 2 is 1.00 bits per heavy atom. The number of aliphatic hydroxyl groups is 2. The van der Waals surface area contributed by atoms with Crippen molar-refractivity contribution in [3.63, 3.8) is 0 Å². The maximum Gasteiger partial charge on any atom is 0.231 e. The van der Waals surface area contributed by atoms with E-state index in [-0.39, 0.29) is 26.8 Å². The number of rotatable bonds is 3. The van der Waals surface area contributed by atoms with Crippen LogP contribution in [0.4, 0.5) is 0 Å². The maximum absolute atomic E-state index is 9.65. The SMILES string of the molecule is OCc1cc2c(cc1-c1cc3c(cc1CO)OCO3)OCO2. The van der Waals surface area contributed by atoms with E-state index in [1.165, 1.54) is 0 Å². The molecule has 6 nitrogen and oxygen atoms in total. The third-order valence-corrected chi connectivity index (χ3v) is 3.83. The zero-order valence-corrected chi connectivity index (χ0v) is 11.7. The lowest BCUT2D eigenvalue weighted by molar-refractivity contribution is 0.173. The van der Waals surface area contributed by atoms with Crippen molar-refractivity contribution in [3.8, 4) is 34.1 Å². The first-order valence-electron chi connectivity index (χ1n) is 6.87. The van der Waals surface area contributed by atoms with Gasteiger partial charge in [0.05, 0.1) is 13.2 Å². The van der Waals surface area contributed by atoms with E-state index in [1.54, 1.807) is 12.1 Å². The van der Waals surface area contributed by atoms with Crippen LogP contribution in [0.15, 0.2) is 24.3 Å². The van der Waals surface area contributed by atoms with Crippen LogP contribution >= 0.6 is 0 Å². The fraction of sp³-hybridized carbons (Fsp3) is 0.250. The molecule has 2 aliphatic rings. The molecular weight excluding hydrogens is 288 g/mol. The van der Waals surface area contributed by atoms with Crippen LogP contribution in [-0.4, -0.2) is 23.8 Å². The van der Waals surface area contributed by atoms with Crippen LogP contribution in [0.25, 0.3) is 11.1 Å². The second kappa shape index (κ2) is 5.08.